The molecule has 0 radical (unpaired) electrons. The van der Waals surface area contributed by atoms with E-state index in [1.165, 1.54) is 4.68 Å². The number of primary amides is 1. The van der Waals surface area contributed by atoms with Gasteiger partial charge in [0.15, 0.2) is 5.82 Å². The monoisotopic (exact) mass is 594 g/mol. The van der Waals surface area contributed by atoms with Crippen molar-refractivity contribution in [3.63, 3.8) is 0 Å². The lowest BCUT2D eigenvalue weighted by molar-refractivity contribution is -0.190. The highest BCUT2D eigenvalue weighted by Gasteiger charge is 2.62. The molecule has 2 aliphatic rings. The quantitative estimate of drug-likeness (QED) is 0.195. The molecule has 1 saturated heterocycles. The number of rotatable bonds is 11. The number of hydrogen-bond donors (Lipinski definition) is 5. The highest BCUT2D eigenvalue weighted by molar-refractivity contribution is 7.85. The molecule has 0 aromatic carbocycles. The van der Waals surface area contributed by atoms with E-state index in [1.54, 1.807) is 38.4 Å². The Bertz CT molecular complexity index is 1370. The van der Waals surface area contributed by atoms with E-state index in [0.717, 1.165) is 0 Å². The van der Waals surface area contributed by atoms with Crippen LogP contribution in [0.15, 0.2) is 35.1 Å². The minimum atomic E-state index is -4.23. The normalized spacial score (nSPS) is 21.7. The summed E-state index contributed by atoms with van der Waals surface area (Å²) in [6, 6.07) is 4.75. The zero-order valence-electron chi connectivity index (χ0n) is 23.8. The van der Waals surface area contributed by atoms with Crippen LogP contribution in [0.1, 0.15) is 63.7 Å². The molecule has 1 unspecified atom stereocenters. The summed E-state index contributed by atoms with van der Waals surface area (Å²) >= 11 is 4.47. The lowest BCUT2D eigenvalue weighted by Crippen LogP contribution is -2.47. The first-order valence-electron chi connectivity index (χ1n) is 13.3. The first kappa shape index (κ1) is 30.5. The topological polar surface area (TPSA) is 134 Å². The van der Waals surface area contributed by atoms with Crippen LogP contribution in [-0.2, 0) is 0 Å². The molecule has 1 aliphatic carbocycles. The summed E-state index contributed by atoms with van der Waals surface area (Å²) in [7, 11) is 1.75. The number of alkyl halides is 3. The Kier molecular flexibility index (Phi) is 8.02. The van der Waals surface area contributed by atoms with E-state index >= 15 is 0 Å². The van der Waals surface area contributed by atoms with Crippen LogP contribution in [0, 0.1) is 10.8 Å². The molecule has 3 heterocycles. The van der Waals surface area contributed by atoms with Crippen molar-refractivity contribution >= 4 is 30.1 Å². The Morgan fingerprint density at radius 3 is 2.49 bits per heavy atom. The van der Waals surface area contributed by atoms with Crippen molar-refractivity contribution in [2.45, 2.75) is 70.6 Å². The second kappa shape index (κ2) is 10.8. The van der Waals surface area contributed by atoms with Gasteiger partial charge < -0.3 is 31.4 Å². The molecular weight excluding hydrogens is 557 g/mol. The van der Waals surface area contributed by atoms with E-state index in [1.807, 2.05) is 25.7 Å². The molecule has 1 aliphatic heterocycles. The molecule has 224 valence electrons. The number of allylic oxidation sites excluding steroid dienone is 1. The third-order valence-electron chi connectivity index (χ3n) is 7.80. The lowest BCUT2D eigenvalue weighted by Gasteiger charge is -2.33. The number of ether oxygens (including phenoxy) is 1. The number of amides is 1. The van der Waals surface area contributed by atoms with Crippen LogP contribution in [0.5, 0.6) is 5.88 Å². The number of carbonyl (C=O) groups excluding carboxylic acids is 1. The maximum atomic E-state index is 13.2. The summed E-state index contributed by atoms with van der Waals surface area (Å²) in [6.45, 7) is 8.13. The van der Waals surface area contributed by atoms with Crippen LogP contribution in [0.4, 0.5) is 19.0 Å². The standard InChI is InChI=1S/C27H37F3N8O2S/c1-16(31)20(41)22(33-5)35-25(4)14-24(2,3)37(15-25)23-17(21(32)39)6-7-18(34-23)38-12-8-19(36-38)40-13-11-26(9-10-26)27(28,29)30/h6-8,12,31,33,35,41H,9-11,13-15H2,1-5H3,(H2,32,39)/b22-20-,31-16?. The van der Waals surface area contributed by atoms with E-state index in [0.29, 0.717) is 41.0 Å². The minimum Gasteiger partial charge on any atom is -0.477 e. The van der Waals surface area contributed by atoms with Crippen LogP contribution in [-0.4, -0.2) is 63.8 Å². The summed E-state index contributed by atoms with van der Waals surface area (Å²) in [5.41, 5.74) is 3.71. The first-order valence-corrected chi connectivity index (χ1v) is 13.7. The number of pyridine rings is 1. The molecule has 10 nitrogen and oxygen atoms in total. The molecule has 1 saturated carbocycles. The lowest BCUT2D eigenvalue weighted by atomic mass is 9.91. The summed E-state index contributed by atoms with van der Waals surface area (Å²) in [4.78, 5) is 19.7. The molecule has 2 aromatic heterocycles. The highest BCUT2D eigenvalue weighted by Crippen LogP contribution is 2.59. The van der Waals surface area contributed by atoms with Gasteiger partial charge in [-0.25, -0.2) is 9.67 Å². The third kappa shape index (κ3) is 6.26. The van der Waals surface area contributed by atoms with Gasteiger partial charge in [-0.05, 0) is 65.5 Å². The predicted molar refractivity (Wildman–Crippen MR) is 154 cm³/mol. The number of halogens is 3. The van der Waals surface area contributed by atoms with Gasteiger partial charge in [0, 0.05) is 37.1 Å². The molecule has 0 bridgehead atoms. The third-order valence-corrected chi connectivity index (χ3v) is 8.35. The van der Waals surface area contributed by atoms with E-state index < -0.39 is 28.6 Å². The van der Waals surface area contributed by atoms with Crippen molar-refractivity contribution in [3.05, 3.63) is 40.7 Å². The first-order chi connectivity index (χ1) is 19.0. The fourth-order valence-corrected chi connectivity index (χ4v) is 5.66. The molecule has 2 aromatic rings. The van der Waals surface area contributed by atoms with Gasteiger partial charge in [-0.1, -0.05) is 0 Å². The summed E-state index contributed by atoms with van der Waals surface area (Å²) in [5.74, 6) is 0.934. The van der Waals surface area contributed by atoms with Crippen molar-refractivity contribution in [2.75, 3.05) is 25.1 Å². The van der Waals surface area contributed by atoms with Gasteiger partial charge in [-0.2, -0.15) is 13.2 Å². The van der Waals surface area contributed by atoms with Gasteiger partial charge in [0.25, 0.3) is 5.91 Å². The van der Waals surface area contributed by atoms with Crippen LogP contribution < -0.4 is 26.0 Å². The number of carbonyl (C=O) groups is 1. The molecule has 0 spiro atoms. The van der Waals surface area contributed by atoms with Crippen LogP contribution in [0.3, 0.4) is 0 Å². The summed E-state index contributed by atoms with van der Waals surface area (Å²) < 4.78 is 46.6. The molecule has 5 N–H and O–H groups in total. The van der Waals surface area contributed by atoms with Gasteiger partial charge in [0.05, 0.1) is 28.0 Å². The van der Waals surface area contributed by atoms with Gasteiger partial charge >= 0.3 is 6.18 Å². The molecule has 2 fully saturated rings. The summed E-state index contributed by atoms with van der Waals surface area (Å²) in [5, 5.41) is 18.8. The highest BCUT2D eigenvalue weighted by atomic mass is 32.1. The smallest absolute Gasteiger partial charge is 0.394 e. The maximum absolute atomic E-state index is 13.2. The van der Waals surface area contributed by atoms with Crippen molar-refractivity contribution in [3.8, 4) is 11.7 Å². The van der Waals surface area contributed by atoms with E-state index in [-0.39, 0.29) is 37.3 Å². The van der Waals surface area contributed by atoms with Gasteiger partial charge in [0.1, 0.15) is 11.6 Å². The zero-order chi connectivity index (χ0) is 30.4. The molecular formula is C27H37F3N8O2S. The number of thiol groups is 1. The minimum absolute atomic E-state index is 0.0993. The van der Waals surface area contributed by atoms with E-state index in [4.69, 9.17) is 20.9 Å². The molecule has 41 heavy (non-hydrogen) atoms. The number of aromatic nitrogens is 3. The van der Waals surface area contributed by atoms with Crippen LogP contribution in [0.25, 0.3) is 5.82 Å². The average molecular weight is 595 g/mol. The Morgan fingerprint density at radius 1 is 1.24 bits per heavy atom. The van der Waals surface area contributed by atoms with Crippen molar-refractivity contribution in [1.82, 2.24) is 25.4 Å². The van der Waals surface area contributed by atoms with Crippen molar-refractivity contribution < 1.29 is 22.7 Å². The Hall–Kier alpha value is -3.42. The van der Waals surface area contributed by atoms with Crippen LogP contribution in [0.2, 0.25) is 0 Å². The molecule has 1 amide bonds. The number of nitrogens with two attached hydrogens (primary N) is 1. The zero-order valence-corrected chi connectivity index (χ0v) is 24.7. The van der Waals surface area contributed by atoms with Crippen molar-refractivity contribution in [1.29, 1.82) is 5.41 Å². The van der Waals surface area contributed by atoms with Gasteiger partial charge in [0.2, 0.25) is 5.88 Å². The van der Waals surface area contributed by atoms with E-state index in [2.05, 4.69) is 28.4 Å². The van der Waals surface area contributed by atoms with Gasteiger partial charge in [-0.3, -0.25) is 4.79 Å². The number of anilines is 1. The van der Waals surface area contributed by atoms with Gasteiger partial charge in [-0.15, -0.1) is 17.7 Å². The van der Waals surface area contributed by atoms with Crippen LogP contribution >= 0.6 is 12.6 Å². The Balaban J connectivity index is 1.57. The predicted octanol–water partition coefficient (Wildman–Crippen LogP) is 4.17. The fraction of sp³-hybridized carbons (Fsp3) is 0.556. The SMILES string of the molecule is CN/C(NC1(C)CN(c2nc(-n3ccc(OCCC4(C(F)(F)F)CC4)n3)ccc2C(N)=O)C(C)(C)C1)=C(/S)C(C)=N. The molecule has 14 heteroatoms. The largest absolute Gasteiger partial charge is 0.477 e. The molecule has 4 rings (SSSR count). The second-order valence-electron chi connectivity index (χ2n) is 11.7. The average Bonchev–Trinajstić information content (AvgIpc) is 3.46. The maximum Gasteiger partial charge on any atom is 0.394 e. The molecule has 1 atom stereocenters. The fourth-order valence-electron chi connectivity index (χ4n) is 5.50. The summed E-state index contributed by atoms with van der Waals surface area (Å²) in [6.07, 6.45) is -1.84. The Labute approximate surface area is 242 Å². The van der Waals surface area contributed by atoms with E-state index in [9.17, 15) is 18.0 Å². The number of hydrogen-bond acceptors (Lipinski definition) is 9. The number of nitrogens with zero attached hydrogens (tertiary/aromatic N) is 4. The Morgan fingerprint density at radius 2 is 1.93 bits per heavy atom. The second-order valence-corrected chi connectivity index (χ2v) is 12.2. The number of nitrogens with one attached hydrogen (secondary N) is 3. The van der Waals surface area contributed by atoms with Crippen molar-refractivity contribution in [2.24, 2.45) is 11.1 Å².